The van der Waals surface area contributed by atoms with Gasteiger partial charge in [-0.15, -0.1) is 0 Å². The number of hydrogen-bond donors (Lipinski definition) is 0. The molecule has 1 aromatic heterocycles. The number of rotatable bonds is 7. The number of anilines is 1. The Morgan fingerprint density at radius 2 is 1.93 bits per heavy atom. The van der Waals surface area contributed by atoms with Crippen LogP contribution in [-0.4, -0.2) is 66.4 Å². The van der Waals surface area contributed by atoms with Crippen LogP contribution >= 0.6 is 11.6 Å². The van der Waals surface area contributed by atoms with Crippen molar-refractivity contribution in [2.24, 2.45) is 0 Å². The summed E-state index contributed by atoms with van der Waals surface area (Å²) in [6, 6.07) is 15.8. The maximum absolute atomic E-state index is 14.9. The summed E-state index contributed by atoms with van der Waals surface area (Å²) in [6.45, 7) is 8.46. The van der Waals surface area contributed by atoms with E-state index in [1.807, 2.05) is 30.3 Å². The third-order valence-corrected chi connectivity index (χ3v) is 9.17. The van der Waals surface area contributed by atoms with Gasteiger partial charge in [-0.25, -0.2) is 14.2 Å². The molecule has 1 unspecified atom stereocenters. The second-order valence-electron chi connectivity index (χ2n) is 11.6. The van der Waals surface area contributed by atoms with Crippen molar-refractivity contribution in [3.63, 3.8) is 0 Å². The first-order valence-corrected chi connectivity index (χ1v) is 15.3. The minimum absolute atomic E-state index is 0.0310. The van der Waals surface area contributed by atoms with Gasteiger partial charge in [0.2, 0.25) is 0 Å². The molecule has 0 N–H and O–H groups in total. The van der Waals surface area contributed by atoms with Crippen LogP contribution < -0.4 is 14.4 Å². The van der Waals surface area contributed by atoms with Crippen molar-refractivity contribution < 1.29 is 28.1 Å². The smallest absolute Gasteiger partial charge is 0.337 e. The lowest BCUT2D eigenvalue weighted by molar-refractivity contribution is -0.0705. The normalized spacial score (nSPS) is 22.2. The number of piperazine rings is 1. The quantitative estimate of drug-likeness (QED) is 0.235. The lowest BCUT2D eigenvalue weighted by atomic mass is 10.1. The Morgan fingerprint density at radius 3 is 2.64 bits per heavy atom. The number of hydrogen-bond acceptors (Lipinski definition) is 8. The van der Waals surface area contributed by atoms with Gasteiger partial charge < -0.3 is 28.4 Å². The summed E-state index contributed by atoms with van der Waals surface area (Å²) >= 11 is 5.98. The number of ether oxygens (including phenoxy) is 4. The number of nitrogens with zero attached hydrogens (tertiary/aromatic N) is 4. The van der Waals surface area contributed by atoms with Crippen molar-refractivity contribution in [1.82, 2.24) is 14.5 Å². The van der Waals surface area contributed by atoms with Crippen molar-refractivity contribution in [3.8, 4) is 11.5 Å². The number of fused-ring (bicyclic) bond motifs is 2. The van der Waals surface area contributed by atoms with Crippen LogP contribution in [0.15, 0.2) is 54.6 Å². The van der Waals surface area contributed by atoms with E-state index in [0.29, 0.717) is 28.6 Å². The van der Waals surface area contributed by atoms with E-state index in [0.717, 1.165) is 61.8 Å². The monoisotopic (exact) mass is 620 g/mol. The molecular weight excluding hydrogens is 587 g/mol. The van der Waals surface area contributed by atoms with E-state index in [1.165, 1.54) is 13.2 Å². The molecule has 4 aromatic rings. The van der Waals surface area contributed by atoms with Gasteiger partial charge in [-0.3, -0.25) is 4.90 Å². The van der Waals surface area contributed by atoms with Gasteiger partial charge in [-0.05, 0) is 61.9 Å². The average molecular weight is 621 g/mol. The Labute approximate surface area is 260 Å². The van der Waals surface area contributed by atoms with Gasteiger partial charge in [0.05, 0.1) is 53.6 Å². The number of imidazole rings is 1. The van der Waals surface area contributed by atoms with E-state index < -0.39 is 11.6 Å². The SMILES string of the molecule is COC(=O)c1ccc2nc([C@H](C)N3CCN(c4cccc5c4OC(C)(c4ccc(Cl)cc4F)O5)CC3)n(C[C@@H]3CCO3)c2c1. The predicted molar refractivity (Wildman–Crippen MR) is 164 cm³/mol. The summed E-state index contributed by atoms with van der Waals surface area (Å²) in [5, 5.41) is 0.316. The maximum atomic E-state index is 14.9. The third kappa shape index (κ3) is 5.04. The summed E-state index contributed by atoms with van der Waals surface area (Å²) in [7, 11) is 1.39. The van der Waals surface area contributed by atoms with Crippen LogP contribution in [0.25, 0.3) is 11.0 Å². The van der Waals surface area contributed by atoms with E-state index in [-0.39, 0.29) is 23.7 Å². The molecule has 0 radical (unpaired) electrons. The largest absolute Gasteiger partial charge is 0.465 e. The molecule has 3 atom stereocenters. The number of benzene rings is 3. The van der Waals surface area contributed by atoms with Crippen molar-refractivity contribution in [2.75, 3.05) is 44.8 Å². The molecular formula is C33H34ClFN4O5. The summed E-state index contributed by atoms with van der Waals surface area (Å²) in [6.07, 6.45) is 1.13. The highest BCUT2D eigenvalue weighted by Crippen LogP contribution is 2.50. The van der Waals surface area contributed by atoms with E-state index in [2.05, 4.69) is 21.3 Å². The van der Waals surface area contributed by atoms with Gasteiger partial charge in [0, 0.05) is 44.7 Å². The van der Waals surface area contributed by atoms with Crippen LogP contribution in [0.4, 0.5) is 10.1 Å². The van der Waals surface area contributed by atoms with E-state index >= 15 is 0 Å². The van der Waals surface area contributed by atoms with Crippen molar-refractivity contribution in [3.05, 3.63) is 82.4 Å². The summed E-state index contributed by atoms with van der Waals surface area (Å²) in [5.41, 5.74) is 3.45. The molecule has 11 heteroatoms. The summed E-state index contributed by atoms with van der Waals surface area (Å²) in [5.74, 6) is -0.0218. The van der Waals surface area contributed by atoms with Crippen LogP contribution in [0, 0.1) is 5.82 Å². The molecule has 2 saturated heterocycles. The highest BCUT2D eigenvalue weighted by molar-refractivity contribution is 6.30. The van der Waals surface area contributed by atoms with Crippen LogP contribution in [-0.2, 0) is 21.8 Å². The molecule has 0 spiro atoms. The zero-order chi connectivity index (χ0) is 30.6. The highest BCUT2D eigenvalue weighted by atomic mass is 35.5. The Bertz CT molecular complexity index is 1730. The van der Waals surface area contributed by atoms with Crippen molar-refractivity contribution in [2.45, 2.75) is 44.7 Å². The van der Waals surface area contributed by atoms with Gasteiger partial charge in [0.15, 0.2) is 11.5 Å². The molecule has 2 fully saturated rings. The Hall–Kier alpha value is -3.86. The molecule has 44 heavy (non-hydrogen) atoms. The maximum Gasteiger partial charge on any atom is 0.337 e. The molecule has 7 rings (SSSR count). The zero-order valence-corrected chi connectivity index (χ0v) is 25.6. The van der Waals surface area contributed by atoms with Gasteiger partial charge in [-0.1, -0.05) is 17.7 Å². The standard InChI is InChI=1S/C33H34ClFN4O5/c1-20(31-36-26-10-7-21(32(40)41-3)17-28(26)39(31)19-23-11-16-42-23)37-12-14-38(15-13-37)27-5-4-6-29-30(27)44-33(2,43-29)24-9-8-22(34)18-25(24)35/h4-10,17-18,20,23H,11-16,19H2,1-3H3/t20-,23-,33?/m0/s1. The third-order valence-electron chi connectivity index (χ3n) is 8.93. The van der Waals surface area contributed by atoms with Crippen LogP contribution in [0.1, 0.15) is 48.1 Å². The average Bonchev–Trinajstić information content (AvgIpc) is 3.55. The molecule has 230 valence electrons. The van der Waals surface area contributed by atoms with Gasteiger partial charge in [0.25, 0.3) is 5.79 Å². The van der Waals surface area contributed by atoms with Crippen molar-refractivity contribution in [1.29, 1.82) is 0 Å². The van der Waals surface area contributed by atoms with Crippen LogP contribution in [0.5, 0.6) is 11.5 Å². The summed E-state index contributed by atoms with van der Waals surface area (Å²) < 4.78 is 40.3. The molecule has 0 saturated carbocycles. The second kappa shape index (κ2) is 11.3. The number of methoxy groups -OCH3 is 1. The minimum atomic E-state index is -1.31. The Kier molecular flexibility index (Phi) is 7.39. The zero-order valence-electron chi connectivity index (χ0n) is 24.9. The number of carbonyl (C=O) groups is 1. The first-order valence-electron chi connectivity index (χ1n) is 14.9. The van der Waals surface area contributed by atoms with E-state index in [4.69, 9.17) is 35.5 Å². The number of esters is 1. The number of para-hydroxylation sites is 1. The second-order valence-corrected chi connectivity index (χ2v) is 12.1. The summed E-state index contributed by atoms with van der Waals surface area (Å²) in [4.78, 5) is 22.0. The molecule has 0 bridgehead atoms. The number of carbonyl (C=O) groups excluding carboxylic acids is 1. The molecule has 3 aromatic carbocycles. The van der Waals surface area contributed by atoms with Gasteiger partial charge >= 0.3 is 5.97 Å². The van der Waals surface area contributed by atoms with Crippen molar-refractivity contribution >= 4 is 34.3 Å². The van der Waals surface area contributed by atoms with Gasteiger partial charge in [-0.2, -0.15) is 0 Å². The predicted octanol–water partition coefficient (Wildman–Crippen LogP) is 5.93. The Balaban J connectivity index is 1.10. The molecule has 3 aliphatic heterocycles. The highest BCUT2D eigenvalue weighted by Gasteiger charge is 2.43. The Morgan fingerprint density at radius 1 is 1.14 bits per heavy atom. The first-order chi connectivity index (χ1) is 21.2. The molecule has 9 nitrogen and oxygen atoms in total. The molecule has 0 amide bonds. The molecule has 4 heterocycles. The topological polar surface area (TPSA) is 78.3 Å². The molecule has 0 aliphatic carbocycles. The van der Waals surface area contributed by atoms with Gasteiger partial charge in [0.1, 0.15) is 11.6 Å². The fraction of sp³-hybridized carbons (Fsp3) is 0.394. The minimum Gasteiger partial charge on any atom is -0.465 e. The van der Waals surface area contributed by atoms with E-state index in [1.54, 1.807) is 25.1 Å². The first kappa shape index (κ1) is 28.9. The van der Waals surface area contributed by atoms with E-state index in [9.17, 15) is 9.18 Å². The fourth-order valence-corrected chi connectivity index (χ4v) is 6.53. The lowest BCUT2D eigenvalue weighted by Crippen LogP contribution is -2.47. The van der Waals surface area contributed by atoms with Crippen LogP contribution in [0.2, 0.25) is 5.02 Å². The van der Waals surface area contributed by atoms with Crippen LogP contribution in [0.3, 0.4) is 0 Å². The number of aromatic nitrogens is 2. The fourth-order valence-electron chi connectivity index (χ4n) is 6.37. The number of halogens is 2. The lowest BCUT2D eigenvalue weighted by Gasteiger charge is -2.39. The molecule has 3 aliphatic rings.